The van der Waals surface area contributed by atoms with Crippen molar-refractivity contribution in [2.24, 2.45) is 0 Å². The number of nitrogens with zero attached hydrogens (tertiary/aromatic N) is 2. The number of carbonyl (C=O) groups excluding carboxylic acids is 1. The third-order valence-corrected chi connectivity index (χ3v) is 4.08. The maximum Gasteiger partial charge on any atom is 0.256 e. The summed E-state index contributed by atoms with van der Waals surface area (Å²) >= 11 is 0. The molecule has 2 heterocycles. The largest absolute Gasteiger partial charge is 0.488 e. The first kappa shape index (κ1) is 16.1. The number of halogens is 1. The van der Waals surface area contributed by atoms with Gasteiger partial charge in [0.25, 0.3) is 5.91 Å². The summed E-state index contributed by atoms with van der Waals surface area (Å²) in [6.45, 7) is 1.96. The molecule has 1 aliphatic heterocycles. The van der Waals surface area contributed by atoms with E-state index in [1.807, 2.05) is 24.3 Å². The molecule has 3 aromatic rings. The number of carbonyl (C=O) groups is 1. The Balaban J connectivity index is 1.64. The Hall–Kier alpha value is -3.41. The van der Waals surface area contributed by atoms with Crippen LogP contribution in [-0.4, -0.2) is 22.3 Å². The molecule has 1 aliphatic rings. The SMILES string of the molecule is Cc1cc(NC(=O)C2=Cc3ccccc3OC2)n(-c2ccccc2F)n1. The summed E-state index contributed by atoms with van der Waals surface area (Å²) in [5.41, 5.74) is 2.28. The predicted octanol–water partition coefficient (Wildman–Crippen LogP) is 3.73. The van der Waals surface area contributed by atoms with E-state index in [2.05, 4.69) is 10.4 Å². The Morgan fingerprint density at radius 1 is 1.19 bits per heavy atom. The summed E-state index contributed by atoms with van der Waals surface area (Å²) in [5, 5.41) is 7.09. The van der Waals surface area contributed by atoms with E-state index in [1.165, 1.54) is 10.7 Å². The lowest BCUT2D eigenvalue weighted by atomic mass is 10.1. The van der Waals surface area contributed by atoms with Gasteiger partial charge in [-0.05, 0) is 31.2 Å². The Kier molecular flexibility index (Phi) is 4.01. The first-order valence-electron chi connectivity index (χ1n) is 8.17. The number of benzene rings is 2. The van der Waals surface area contributed by atoms with Crippen LogP contribution in [0.4, 0.5) is 10.2 Å². The van der Waals surface area contributed by atoms with Crippen LogP contribution in [0.25, 0.3) is 11.8 Å². The molecule has 1 amide bonds. The number of para-hydroxylation sites is 2. The van der Waals surface area contributed by atoms with Gasteiger partial charge in [0.15, 0.2) is 0 Å². The van der Waals surface area contributed by atoms with Crippen LogP contribution < -0.4 is 10.1 Å². The number of aromatic nitrogens is 2. The fraction of sp³-hybridized carbons (Fsp3) is 0.100. The van der Waals surface area contributed by atoms with Gasteiger partial charge in [0.1, 0.15) is 29.7 Å². The summed E-state index contributed by atoms with van der Waals surface area (Å²) in [6, 6.07) is 15.5. The van der Waals surface area contributed by atoms with Gasteiger partial charge >= 0.3 is 0 Å². The van der Waals surface area contributed by atoms with Crippen molar-refractivity contribution in [1.29, 1.82) is 0 Å². The molecular formula is C20H16FN3O2. The highest BCUT2D eigenvalue weighted by molar-refractivity contribution is 6.07. The lowest BCUT2D eigenvalue weighted by molar-refractivity contribution is -0.113. The maximum absolute atomic E-state index is 14.1. The van der Waals surface area contributed by atoms with Crippen molar-refractivity contribution in [3.8, 4) is 11.4 Å². The molecule has 6 heteroatoms. The second-order valence-electron chi connectivity index (χ2n) is 5.98. The van der Waals surface area contributed by atoms with Crippen LogP contribution in [-0.2, 0) is 4.79 Å². The first-order valence-corrected chi connectivity index (χ1v) is 8.17. The molecule has 0 spiro atoms. The molecule has 130 valence electrons. The number of ether oxygens (including phenoxy) is 1. The predicted molar refractivity (Wildman–Crippen MR) is 96.8 cm³/mol. The molecule has 1 aromatic heterocycles. The Morgan fingerprint density at radius 3 is 2.81 bits per heavy atom. The van der Waals surface area contributed by atoms with Crippen molar-refractivity contribution in [2.75, 3.05) is 11.9 Å². The van der Waals surface area contributed by atoms with Crippen LogP contribution in [0.3, 0.4) is 0 Å². The van der Waals surface area contributed by atoms with Crippen LogP contribution in [0.5, 0.6) is 5.75 Å². The number of nitrogens with one attached hydrogen (secondary N) is 1. The van der Waals surface area contributed by atoms with Gasteiger partial charge in [0, 0.05) is 11.6 Å². The number of anilines is 1. The zero-order chi connectivity index (χ0) is 18.1. The van der Waals surface area contributed by atoms with E-state index in [1.54, 1.807) is 37.3 Å². The van der Waals surface area contributed by atoms with Crippen LogP contribution >= 0.6 is 0 Å². The van der Waals surface area contributed by atoms with Gasteiger partial charge in [-0.2, -0.15) is 5.10 Å². The average molecular weight is 349 g/mol. The summed E-state index contributed by atoms with van der Waals surface area (Å²) in [7, 11) is 0. The number of rotatable bonds is 3. The molecule has 5 nitrogen and oxygen atoms in total. The number of hydrogen-bond donors (Lipinski definition) is 1. The average Bonchev–Trinajstić information content (AvgIpc) is 3.01. The topological polar surface area (TPSA) is 56.1 Å². The monoisotopic (exact) mass is 349 g/mol. The molecule has 0 radical (unpaired) electrons. The van der Waals surface area contributed by atoms with E-state index >= 15 is 0 Å². The highest BCUT2D eigenvalue weighted by atomic mass is 19.1. The van der Waals surface area contributed by atoms with Gasteiger partial charge in [0.2, 0.25) is 0 Å². The first-order chi connectivity index (χ1) is 12.6. The van der Waals surface area contributed by atoms with Crippen molar-refractivity contribution >= 4 is 17.8 Å². The second kappa shape index (κ2) is 6.48. The van der Waals surface area contributed by atoms with Crippen molar-refractivity contribution in [1.82, 2.24) is 9.78 Å². The third-order valence-electron chi connectivity index (χ3n) is 4.08. The molecule has 2 aromatic carbocycles. The van der Waals surface area contributed by atoms with Crippen molar-refractivity contribution in [3.63, 3.8) is 0 Å². The molecular weight excluding hydrogens is 333 g/mol. The van der Waals surface area contributed by atoms with Crippen molar-refractivity contribution in [2.45, 2.75) is 6.92 Å². The summed E-state index contributed by atoms with van der Waals surface area (Å²) in [4.78, 5) is 12.7. The quantitative estimate of drug-likeness (QED) is 0.784. The fourth-order valence-electron chi connectivity index (χ4n) is 2.84. The third kappa shape index (κ3) is 2.97. The maximum atomic E-state index is 14.1. The summed E-state index contributed by atoms with van der Waals surface area (Å²) in [5.74, 6) is 0.422. The van der Waals surface area contributed by atoms with Crippen LogP contribution in [0.1, 0.15) is 11.3 Å². The van der Waals surface area contributed by atoms with Gasteiger partial charge < -0.3 is 10.1 Å². The highest BCUT2D eigenvalue weighted by Gasteiger charge is 2.19. The van der Waals surface area contributed by atoms with E-state index in [-0.39, 0.29) is 18.2 Å². The fourth-order valence-corrected chi connectivity index (χ4v) is 2.84. The molecule has 26 heavy (non-hydrogen) atoms. The van der Waals surface area contributed by atoms with Gasteiger partial charge in [-0.1, -0.05) is 30.3 Å². The summed E-state index contributed by atoms with van der Waals surface area (Å²) in [6.07, 6.45) is 1.80. The second-order valence-corrected chi connectivity index (χ2v) is 5.98. The highest BCUT2D eigenvalue weighted by Crippen LogP contribution is 2.27. The zero-order valence-corrected chi connectivity index (χ0v) is 14.1. The minimum atomic E-state index is -0.416. The molecule has 0 saturated heterocycles. The molecule has 4 rings (SSSR count). The number of hydrogen-bond acceptors (Lipinski definition) is 3. The number of aryl methyl sites for hydroxylation is 1. The van der Waals surface area contributed by atoms with Gasteiger partial charge in [-0.25, -0.2) is 9.07 Å². The van der Waals surface area contributed by atoms with Crippen LogP contribution in [0.15, 0.2) is 60.2 Å². The van der Waals surface area contributed by atoms with E-state index in [4.69, 9.17) is 4.74 Å². The molecule has 0 fully saturated rings. The van der Waals surface area contributed by atoms with Gasteiger partial charge in [0.05, 0.1) is 11.3 Å². The molecule has 0 bridgehead atoms. The lowest BCUT2D eigenvalue weighted by Gasteiger charge is -2.17. The van der Waals surface area contributed by atoms with E-state index in [9.17, 15) is 9.18 Å². The van der Waals surface area contributed by atoms with Crippen LogP contribution in [0.2, 0.25) is 0 Å². The Labute approximate surface area is 149 Å². The van der Waals surface area contributed by atoms with Gasteiger partial charge in [-0.15, -0.1) is 0 Å². The van der Waals surface area contributed by atoms with Crippen LogP contribution in [0, 0.1) is 12.7 Å². The molecule has 0 atom stereocenters. The molecule has 0 saturated carbocycles. The van der Waals surface area contributed by atoms with E-state index in [0.29, 0.717) is 17.1 Å². The zero-order valence-electron chi connectivity index (χ0n) is 14.1. The molecule has 0 aliphatic carbocycles. The van der Waals surface area contributed by atoms with Crippen molar-refractivity contribution in [3.05, 3.63) is 77.2 Å². The van der Waals surface area contributed by atoms with E-state index < -0.39 is 5.82 Å². The standard InChI is InChI=1S/C20H16FN3O2/c1-13-10-19(24(23-13)17-8-4-3-7-16(17)21)22-20(25)15-11-14-6-2-5-9-18(14)26-12-15/h2-11H,12H2,1H3,(H,22,25). The van der Waals surface area contributed by atoms with E-state index in [0.717, 1.165) is 11.3 Å². The Morgan fingerprint density at radius 2 is 1.96 bits per heavy atom. The number of fused-ring (bicyclic) bond motifs is 1. The summed E-state index contributed by atoms with van der Waals surface area (Å²) < 4.78 is 21.1. The minimum Gasteiger partial charge on any atom is -0.488 e. The van der Waals surface area contributed by atoms with Gasteiger partial charge in [-0.3, -0.25) is 4.79 Å². The lowest BCUT2D eigenvalue weighted by Crippen LogP contribution is -2.22. The Bertz CT molecular complexity index is 1020. The molecule has 1 N–H and O–H groups in total. The van der Waals surface area contributed by atoms with Crippen molar-refractivity contribution < 1.29 is 13.9 Å². The minimum absolute atomic E-state index is 0.176. The number of amides is 1. The smallest absolute Gasteiger partial charge is 0.256 e. The molecule has 0 unspecified atom stereocenters. The normalized spacial score (nSPS) is 12.8.